The van der Waals surface area contributed by atoms with Crippen molar-refractivity contribution in [1.82, 2.24) is 0 Å². The third-order valence-corrected chi connectivity index (χ3v) is 4.85. The molecule has 0 aromatic heterocycles. The number of rotatable bonds is 3. The van der Waals surface area contributed by atoms with Crippen molar-refractivity contribution in [3.05, 3.63) is 68.6 Å². The first-order valence-electron chi connectivity index (χ1n) is 7.36. The van der Waals surface area contributed by atoms with E-state index in [4.69, 9.17) is 0 Å². The van der Waals surface area contributed by atoms with Crippen LogP contribution in [-0.4, -0.2) is 4.43 Å². The van der Waals surface area contributed by atoms with Crippen molar-refractivity contribution in [1.29, 1.82) is 0 Å². The van der Waals surface area contributed by atoms with Crippen molar-refractivity contribution >= 4 is 54.5 Å². The fraction of sp³-hybridized carbons (Fsp3) is 0.333. The van der Waals surface area contributed by atoms with Crippen LogP contribution in [0, 0.1) is 11.6 Å². The minimum atomic E-state index is -0.209. The molecule has 2 aromatic rings. The lowest BCUT2D eigenvalue weighted by atomic mass is 10.1. The van der Waals surface area contributed by atoms with Gasteiger partial charge in [0.15, 0.2) is 0 Å². The van der Waals surface area contributed by atoms with Gasteiger partial charge in [0.1, 0.15) is 11.6 Å². The van der Waals surface area contributed by atoms with Crippen LogP contribution in [0.3, 0.4) is 0 Å². The first kappa shape index (κ1) is 23.0. The molecule has 128 valence electrons. The Bertz CT molecular complexity index is 523. The highest BCUT2D eigenvalue weighted by Gasteiger charge is 2.03. The van der Waals surface area contributed by atoms with Crippen molar-refractivity contribution in [2.45, 2.75) is 33.1 Å². The second-order valence-electron chi connectivity index (χ2n) is 4.58. The minimum Gasteiger partial charge on any atom is -0.207 e. The summed E-state index contributed by atoms with van der Waals surface area (Å²) < 4.78 is 28.1. The van der Waals surface area contributed by atoms with E-state index in [1.54, 1.807) is 18.2 Å². The summed E-state index contributed by atoms with van der Waals surface area (Å²) in [6.07, 6.45) is 3.08. The monoisotopic (exact) mass is 560 g/mol. The smallest absolute Gasteiger partial charge is 0.127 e. The summed E-state index contributed by atoms with van der Waals surface area (Å²) in [7, 11) is 0. The summed E-state index contributed by atoms with van der Waals surface area (Å²) >= 11 is 8.78. The van der Waals surface area contributed by atoms with Gasteiger partial charge in [0.25, 0.3) is 0 Å². The molecule has 5 heteroatoms. The number of hydrogen-bond donors (Lipinski definition) is 0. The van der Waals surface area contributed by atoms with Crippen LogP contribution < -0.4 is 0 Å². The van der Waals surface area contributed by atoms with Crippen LogP contribution in [0.25, 0.3) is 0 Å². The normalized spacial score (nSPS) is 9.35. The molecule has 0 N–H and O–H groups in total. The quantitative estimate of drug-likeness (QED) is 0.263. The Kier molecular flexibility index (Phi) is 14.3. The predicted molar refractivity (Wildman–Crippen MR) is 111 cm³/mol. The van der Waals surface area contributed by atoms with Crippen molar-refractivity contribution in [3.8, 4) is 0 Å². The van der Waals surface area contributed by atoms with Crippen LogP contribution in [-0.2, 0) is 6.42 Å². The van der Waals surface area contributed by atoms with E-state index in [9.17, 15) is 8.78 Å². The maximum absolute atomic E-state index is 13.0. The molecule has 0 aliphatic carbocycles. The van der Waals surface area contributed by atoms with Crippen LogP contribution in [0.4, 0.5) is 8.78 Å². The number of halogens is 5. The lowest BCUT2D eigenvalue weighted by molar-refractivity contribution is 0.606. The van der Waals surface area contributed by atoms with Gasteiger partial charge in [-0.05, 0) is 47.6 Å². The zero-order chi connectivity index (χ0) is 17.7. The third kappa shape index (κ3) is 11.2. The summed E-state index contributed by atoms with van der Waals surface area (Å²) in [5.74, 6) is -0.319. The molecule has 0 saturated carbocycles. The van der Waals surface area contributed by atoms with Gasteiger partial charge in [-0.2, -0.15) is 0 Å². The van der Waals surface area contributed by atoms with Crippen LogP contribution in [0.2, 0.25) is 0 Å². The van der Waals surface area contributed by atoms with Crippen LogP contribution >= 0.6 is 54.5 Å². The van der Waals surface area contributed by atoms with Crippen molar-refractivity contribution in [2.24, 2.45) is 0 Å². The van der Waals surface area contributed by atoms with E-state index in [-0.39, 0.29) is 11.6 Å². The Morgan fingerprint density at radius 2 is 1.57 bits per heavy atom. The van der Waals surface area contributed by atoms with E-state index in [1.807, 2.05) is 13.0 Å². The standard InChI is InChI=1S/C9H10BrF.C6H4BrF.C3H7I/c1-2-4-7-8(10)5-3-6-9(7)11;7-5-2-1-3-6(8)4-5;1-2-3-4/h3,5-6H,2,4H2,1H3;1-4H;2-3H2,1H3. The largest absolute Gasteiger partial charge is 0.207 e. The maximum Gasteiger partial charge on any atom is 0.127 e. The molecule has 0 nitrogen and oxygen atoms in total. The van der Waals surface area contributed by atoms with Gasteiger partial charge in [-0.15, -0.1) is 0 Å². The molecule has 0 spiro atoms. The van der Waals surface area contributed by atoms with Gasteiger partial charge in [-0.1, -0.05) is 86.9 Å². The first-order chi connectivity index (χ1) is 11.0. The Labute approximate surface area is 168 Å². The molecular formula is C18H21Br2F2I. The molecule has 0 atom stereocenters. The molecule has 2 aromatic carbocycles. The summed E-state index contributed by atoms with van der Waals surface area (Å²) in [5, 5.41) is 0. The summed E-state index contributed by atoms with van der Waals surface area (Å²) in [5.41, 5.74) is 0.787. The molecule has 0 fully saturated rings. The van der Waals surface area contributed by atoms with E-state index in [2.05, 4.69) is 61.4 Å². The molecule has 2 rings (SSSR count). The zero-order valence-electron chi connectivity index (χ0n) is 13.3. The highest BCUT2D eigenvalue weighted by Crippen LogP contribution is 2.20. The lowest BCUT2D eigenvalue weighted by Gasteiger charge is -2.02. The van der Waals surface area contributed by atoms with E-state index in [1.165, 1.54) is 29.0 Å². The number of alkyl halides is 1. The lowest BCUT2D eigenvalue weighted by Crippen LogP contribution is -1.90. The Hall–Kier alpha value is -0.0100. The van der Waals surface area contributed by atoms with Crippen LogP contribution in [0.15, 0.2) is 51.4 Å². The van der Waals surface area contributed by atoms with Gasteiger partial charge >= 0.3 is 0 Å². The van der Waals surface area contributed by atoms with Crippen molar-refractivity contribution in [3.63, 3.8) is 0 Å². The maximum atomic E-state index is 13.0. The second kappa shape index (κ2) is 14.3. The highest BCUT2D eigenvalue weighted by molar-refractivity contribution is 14.1. The van der Waals surface area contributed by atoms with E-state index < -0.39 is 0 Å². The van der Waals surface area contributed by atoms with Gasteiger partial charge in [0.05, 0.1) is 0 Å². The molecular weight excluding hydrogens is 541 g/mol. The Balaban J connectivity index is 0.000000354. The van der Waals surface area contributed by atoms with Gasteiger partial charge in [-0.3, -0.25) is 0 Å². The fourth-order valence-corrected chi connectivity index (χ4v) is 2.39. The molecule has 0 saturated heterocycles. The second-order valence-corrected chi connectivity index (χ2v) is 7.43. The van der Waals surface area contributed by atoms with Gasteiger partial charge in [-0.25, -0.2) is 8.78 Å². The Morgan fingerprint density at radius 3 is 1.96 bits per heavy atom. The van der Waals surface area contributed by atoms with Gasteiger partial charge < -0.3 is 0 Å². The van der Waals surface area contributed by atoms with Crippen molar-refractivity contribution < 1.29 is 8.78 Å². The van der Waals surface area contributed by atoms with Gasteiger partial charge in [0.2, 0.25) is 0 Å². The summed E-state index contributed by atoms with van der Waals surface area (Å²) in [6.45, 7) is 4.21. The molecule has 0 aliphatic heterocycles. The SMILES string of the molecule is CCCI.CCCc1c(F)cccc1Br.Fc1cccc(Br)c1. The topological polar surface area (TPSA) is 0 Å². The molecule has 0 aliphatic rings. The summed E-state index contributed by atoms with van der Waals surface area (Å²) in [4.78, 5) is 0. The minimum absolute atomic E-state index is 0.110. The zero-order valence-corrected chi connectivity index (χ0v) is 18.6. The molecule has 0 heterocycles. The molecule has 0 bridgehead atoms. The van der Waals surface area contributed by atoms with Gasteiger partial charge in [0, 0.05) is 14.5 Å². The average molecular weight is 562 g/mol. The average Bonchev–Trinajstić information content (AvgIpc) is 2.52. The van der Waals surface area contributed by atoms with Crippen molar-refractivity contribution in [2.75, 3.05) is 4.43 Å². The van der Waals surface area contributed by atoms with E-state index >= 15 is 0 Å². The predicted octanol–water partition coefficient (Wildman–Crippen LogP) is 7.96. The Morgan fingerprint density at radius 1 is 0.957 bits per heavy atom. The summed E-state index contributed by atoms with van der Waals surface area (Å²) in [6, 6.07) is 11.3. The molecule has 0 radical (unpaired) electrons. The molecule has 0 amide bonds. The fourth-order valence-electron chi connectivity index (χ4n) is 1.48. The highest BCUT2D eigenvalue weighted by atomic mass is 127. The molecule has 0 unspecified atom stereocenters. The first-order valence-corrected chi connectivity index (χ1v) is 10.5. The number of benzene rings is 2. The van der Waals surface area contributed by atoms with E-state index in [0.717, 1.165) is 27.4 Å². The number of hydrogen-bond acceptors (Lipinski definition) is 0. The van der Waals surface area contributed by atoms with Crippen LogP contribution in [0.1, 0.15) is 32.3 Å². The van der Waals surface area contributed by atoms with Crippen LogP contribution in [0.5, 0.6) is 0 Å². The van der Waals surface area contributed by atoms with E-state index in [0.29, 0.717) is 0 Å². The third-order valence-electron chi connectivity index (χ3n) is 2.54. The molecule has 23 heavy (non-hydrogen) atoms.